The maximum Gasteiger partial charge on any atom is 0.339 e. The smallest absolute Gasteiger partial charge is 0.339 e. The van der Waals surface area contributed by atoms with Gasteiger partial charge in [-0.2, -0.15) is 10.2 Å². The molecule has 6 nitrogen and oxygen atoms in total. The molecule has 0 saturated heterocycles. The zero-order valence-corrected chi connectivity index (χ0v) is 11.1. The van der Waals surface area contributed by atoms with Crippen molar-refractivity contribution in [2.75, 3.05) is 0 Å². The first kappa shape index (κ1) is 13.0. The lowest BCUT2D eigenvalue weighted by atomic mass is 10.2. The Bertz CT molecular complexity index is 805. The summed E-state index contributed by atoms with van der Waals surface area (Å²) in [6.07, 6.45) is 2.97. The average Bonchev–Trinajstić information content (AvgIpc) is 3.05. The van der Waals surface area contributed by atoms with Crippen LogP contribution in [0.4, 0.5) is 4.39 Å². The third-order valence-electron chi connectivity index (χ3n) is 3.10. The highest BCUT2D eigenvalue weighted by Crippen LogP contribution is 2.23. The van der Waals surface area contributed by atoms with Crippen LogP contribution < -0.4 is 0 Å². The molecule has 0 bridgehead atoms. The predicted molar refractivity (Wildman–Crippen MR) is 72.7 cm³/mol. The molecule has 3 aromatic rings. The topological polar surface area (TPSA) is 72.9 Å². The summed E-state index contributed by atoms with van der Waals surface area (Å²) in [5, 5.41) is 17.6. The minimum absolute atomic E-state index is 0.0583. The fourth-order valence-corrected chi connectivity index (χ4v) is 2.05. The normalized spacial score (nSPS) is 10.8. The van der Waals surface area contributed by atoms with Gasteiger partial charge in [0.05, 0.1) is 11.4 Å². The number of aryl methyl sites for hydroxylation is 1. The van der Waals surface area contributed by atoms with E-state index >= 15 is 0 Å². The van der Waals surface area contributed by atoms with Crippen molar-refractivity contribution in [1.82, 2.24) is 19.6 Å². The van der Waals surface area contributed by atoms with E-state index < -0.39 is 5.97 Å². The molecule has 0 amide bonds. The zero-order valence-electron chi connectivity index (χ0n) is 11.1. The SMILES string of the molecule is Cn1nccc1-c1nn(-c2ccc(F)cc2)cc1C(=O)O. The molecule has 0 radical (unpaired) electrons. The molecule has 106 valence electrons. The molecule has 3 rings (SSSR count). The molecule has 0 aliphatic heterocycles. The summed E-state index contributed by atoms with van der Waals surface area (Å²) in [6.45, 7) is 0. The van der Waals surface area contributed by atoms with Gasteiger partial charge in [0.1, 0.15) is 17.1 Å². The van der Waals surface area contributed by atoms with Gasteiger partial charge < -0.3 is 5.11 Å². The van der Waals surface area contributed by atoms with Crippen molar-refractivity contribution in [3.8, 4) is 17.1 Å². The molecule has 1 aromatic carbocycles. The number of carboxylic acids is 1. The number of hydrogen-bond acceptors (Lipinski definition) is 3. The fourth-order valence-electron chi connectivity index (χ4n) is 2.05. The van der Waals surface area contributed by atoms with Crippen LogP contribution >= 0.6 is 0 Å². The summed E-state index contributed by atoms with van der Waals surface area (Å²) in [5.74, 6) is -1.45. The number of benzene rings is 1. The van der Waals surface area contributed by atoms with Gasteiger partial charge in [0.25, 0.3) is 0 Å². The summed E-state index contributed by atoms with van der Waals surface area (Å²) >= 11 is 0. The molecule has 7 heteroatoms. The molecule has 0 aliphatic rings. The number of rotatable bonds is 3. The van der Waals surface area contributed by atoms with Crippen molar-refractivity contribution in [2.45, 2.75) is 0 Å². The highest BCUT2D eigenvalue weighted by molar-refractivity contribution is 5.94. The molecule has 0 atom stereocenters. The van der Waals surface area contributed by atoms with Crippen LogP contribution in [0.25, 0.3) is 17.1 Å². The van der Waals surface area contributed by atoms with Crippen LogP contribution in [0, 0.1) is 5.82 Å². The van der Waals surface area contributed by atoms with Gasteiger partial charge in [-0.3, -0.25) is 4.68 Å². The molecule has 21 heavy (non-hydrogen) atoms. The monoisotopic (exact) mass is 286 g/mol. The Labute approximate surface area is 119 Å². The standard InChI is InChI=1S/C14H11FN4O2/c1-18-12(6-7-16-18)13-11(14(20)21)8-19(17-13)10-4-2-9(15)3-5-10/h2-8H,1H3,(H,20,21). The fraction of sp³-hybridized carbons (Fsp3) is 0.0714. The summed E-state index contributed by atoms with van der Waals surface area (Å²) in [5.41, 5.74) is 1.54. The van der Waals surface area contributed by atoms with Crippen LogP contribution in [-0.2, 0) is 7.05 Å². The van der Waals surface area contributed by atoms with Crippen molar-refractivity contribution in [3.05, 3.63) is 54.1 Å². The number of nitrogens with zero attached hydrogens (tertiary/aromatic N) is 4. The van der Waals surface area contributed by atoms with Crippen molar-refractivity contribution in [1.29, 1.82) is 0 Å². The molecule has 0 saturated carbocycles. The van der Waals surface area contributed by atoms with Gasteiger partial charge >= 0.3 is 5.97 Å². The van der Waals surface area contributed by atoms with E-state index in [1.54, 1.807) is 24.0 Å². The van der Waals surface area contributed by atoms with Crippen molar-refractivity contribution in [2.24, 2.45) is 7.05 Å². The maximum atomic E-state index is 13.0. The molecule has 2 aromatic heterocycles. The first-order valence-corrected chi connectivity index (χ1v) is 6.13. The zero-order chi connectivity index (χ0) is 15.0. The molecule has 0 fully saturated rings. The molecule has 2 heterocycles. The lowest BCUT2D eigenvalue weighted by Crippen LogP contribution is -2.00. The lowest BCUT2D eigenvalue weighted by molar-refractivity contribution is 0.0697. The van der Waals surface area contributed by atoms with E-state index in [9.17, 15) is 14.3 Å². The van der Waals surface area contributed by atoms with Gasteiger partial charge in [0, 0.05) is 19.4 Å². The second-order valence-electron chi connectivity index (χ2n) is 4.46. The van der Waals surface area contributed by atoms with Gasteiger partial charge in [-0.05, 0) is 30.3 Å². The highest BCUT2D eigenvalue weighted by Gasteiger charge is 2.19. The van der Waals surface area contributed by atoms with E-state index in [1.807, 2.05) is 0 Å². The number of halogens is 1. The second kappa shape index (κ2) is 4.86. The largest absolute Gasteiger partial charge is 0.478 e. The first-order chi connectivity index (χ1) is 10.1. The first-order valence-electron chi connectivity index (χ1n) is 6.13. The number of carbonyl (C=O) groups is 1. The summed E-state index contributed by atoms with van der Waals surface area (Å²) in [7, 11) is 1.71. The number of aromatic nitrogens is 4. The van der Waals surface area contributed by atoms with Crippen LogP contribution in [0.15, 0.2) is 42.7 Å². The average molecular weight is 286 g/mol. The lowest BCUT2D eigenvalue weighted by Gasteiger charge is -2.01. The summed E-state index contributed by atoms with van der Waals surface area (Å²) < 4.78 is 15.9. The van der Waals surface area contributed by atoms with Crippen LogP contribution in [0.3, 0.4) is 0 Å². The summed E-state index contributed by atoms with van der Waals surface area (Å²) in [4.78, 5) is 11.4. The number of aromatic carboxylic acids is 1. The third-order valence-corrected chi connectivity index (χ3v) is 3.10. The van der Waals surface area contributed by atoms with E-state index in [1.165, 1.54) is 35.1 Å². The molecule has 0 unspecified atom stereocenters. The number of carboxylic acid groups (broad SMARTS) is 1. The highest BCUT2D eigenvalue weighted by atomic mass is 19.1. The minimum atomic E-state index is -1.08. The molecular weight excluding hydrogens is 275 g/mol. The minimum Gasteiger partial charge on any atom is -0.478 e. The Balaban J connectivity index is 2.15. The quantitative estimate of drug-likeness (QED) is 0.800. The van der Waals surface area contributed by atoms with Crippen LogP contribution in [0.2, 0.25) is 0 Å². The molecule has 1 N–H and O–H groups in total. The molecule has 0 aliphatic carbocycles. The van der Waals surface area contributed by atoms with Gasteiger partial charge in [-0.15, -0.1) is 0 Å². The summed E-state index contributed by atoms with van der Waals surface area (Å²) in [6, 6.07) is 7.33. The Morgan fingerprint density at radius 2 is 1.95 bits per heavy atom. The van der Waals surface area contributed by atoms with E-state index in [0.717, 1.165) is 0 Å². The molecule has 0 spiro atoms. The third kappa shape index (κ3) is 2.29. The predicted octanol–water partition coefficient (Wildman–Crippen LogP) is 2.11. The van der Waals surface area contributed by atoms with Crippen molar-refractivity contribution in [3.63, 3.8) is 0 Å². The van der Waals surface area contributed by atoms with Gasteiger partial charge in [0.15, 0.2) is 0 Å². The second-order valence-corrected chi connectivity index (χ2v) is 4.46. The Morgan fingerprint density at radius 1 is 1.24 bits per heavy atom. The van der Waals surface area contributed by atoms with Crippen LogP contribution in [0.1, 0.15) is 10.4 Å². The van der Waals surface area contributed by atoms with E-state index in [0.29, 0.717) is 17.1 Å². The molecular formula is C14H11FN4O2. The van der Waals surface area contributed by atoms with Crippen LogP contribution in [0.5, 0.6) is 0 Å². The van der Waals surface area contributed by atoms with Crippen LogP contribution in [-0.4, -0.2) is 30.6 Å². The van der Waals surface area contributed by atoms with Gasteiger partial charge in [0.2, 0.25) is 0 Å². The number of hydrogen-bond donors (Lipinski definition) is 1. The maximum absolute atomic E-state index is 13.0. The van der Waals surface area contributed by atoms with E-state index in [4.69, 9.17) is 0 Å². The van der Waals surface area contributed by atoms with Crippen molar-refractivity contribution >= 4 is 5.97 Å². The van der Waals surface area contributed by atoms with Crippen molar-refractivity contribution < 1.29 is 14.3 Å². The Morgan fingerprint density at radius 3 is 2.52 bits per heavy atom. The van der Waals surface area contributed by atoms with E-state index in [-0.39, 0.29) is 11.4 Å². The Hall–Kier alpha value is -2.96. The van der Waals surface area contributed by atoms with Gasteiger partial charge in [-0.1, -0.05) is 0 Å². The van der Waals surface area contributed by atoms with E-state index in [2.05, 4.69) is 10.2 Å². The Kier molecular flexibility index (Phi) is 3.02. The van der Waals surface area contributed by atoms with Gasteiger partial charge in [-0.25, -0.2) is 13.9 Å².